The molecule has 2 fully saturated rings. The van der Waals surface area contributed by atoms with Gasteiger partial charge in [-0.25, -0.2) is 0 Å². The number of aromatic nitrogens is 1. The SMILES string of the molecule is N#CCC1(Cn2ccc3cc(CNC4CC4)ccc32)CC1. The van der Waals surface area contributed by atoms with Crippen molar-refractivity contribution in [1.82, 2.24) is 9.88 Å². The zero-order valence-electron chi connectivity index (χ0n) is 12.3. The molecule has 1 aromatic heterocycles. The first kappa shape index (κ1) is 12.9. The van der Waals surface area contributed by atoms with E-state index in [1.807, 2.05) is 0 Å². The number of nitriles is 1. The molecule has 108 valence electrons. The Bertz CT molecular complexity index is 699. The van der Waals surface area contributed by atoms with E-state index in [0.717, 1.165) is 19.1 Å². The number of rotatable bonds is 6. The van der Waals surface area contributed by atoms with Crippen molar-refractivity contribution in [2.45, 2.75) is 51.2 Å². The molecule has 2 aromatic rings. The van der Waals surface area contributed by atoms with Gasteiger partial charge in [0, 0.05) is 42.7 Å². The summed E-state index contributed by atoms with van der Waals surface area (Å²) in [7, 11) is 0. The van der Waals surface area contributed by atoms with Crippen molar-refractivity contribution in [3.05, 3.63) is 36.0 Å². The zero-order valence-corrected chi connectivity index (χ0v) is 12.3. The Labute approximate surface area is 125 Å². The third-order valence-corrected chi connectivity index (χ3v) is 4.92. The maximum Gasteiger partial charge on any atom is 0.0628 e. The van der Waals surface area contributed by atoms with E-state index in [1.165, 1.54) is 42.1 Å². The van der Waals surface area contributed by atoms with Gasteiger partial charge in [-0.1, -0.05) is 6.07 Å². The van der Waals surface area contributed by atoms with E-state index in [1.54, 1.807) is 0 Å². The molecule has 0 amide bonds. The summed E-state index contributed by atoms with van der Waals surface area (Å²) in [5.74, 6) is 0. The first-order chi connectivity index (χ1) is 10.3. The van der Waals surface area contributed by atoms with E-state index < -0.39 is 0 Å². The molecule has 0 spiro atoms. The van der Waals surface area contributed by atoms with Crippen LogP contribution in [-0.4, -0.2) is 10.6 Å². The number of hydrogen-bond acceptors (Lipinski definition) is 2. The molecular formula is C18H21N3. The van der Waals surface area contributed by atoms with Gasteiger partial charge in [0.15, 0.2) is 0 Å². The Kier molecular flexibility index (Phi) is 3.01. The minimum Gasteiger partial charge on any atom is -0.347 e. The molecule has 3 heteroatoms. The van der Waals surface area contributed by atoms with Crippen molar-refractivity contribution in [1.29, 1.82) is 5.26 Å². The fourth-order valence-electron chi connectivity index (χ4n) is 3.14. The Hall–Kier alpha value is -1.79. The highest BCUT2D eigenvalue weighted by Gasteiger charge is 2.42. The lowest BCUT2D eigenvalue weighted by molar-refractivity contribution is 0.440. The highest BCUT2D eigenvalue weighted by Crippen LogP contribution is 2.50. The van der Waals surface area contributed by atoms with Gasteiger partial charge in [0.1, 0.15) is 0 Å². The smallest absolute Gasteiger partial charge is 0.0628 e. The molecule has 1 N–H and O–H groups in total. The Balaban J connectivity index is 1.53. The van der Waals surface area contributed by atoms with E-state index in [4.69, 9.17) is 5.26 Å². The van der Waals surface area contributed by atoms with Crippen LogP contribution in [0.3, 0.4) is 0 Å². The van der Waals surface area contributed by atoms with Crippen LogP contribution in [0.15, 0.2) is 30.5 Å². The first-order valence-corrected chi connectivity index (χ1v) is 7.96. The Morgan fingerprint density at radius 3 is 2.86 bits per heavy atom. The zero-order chi connectivity index (χ0) is 14.3. The monoisotopic (exact) mass is 279 g/mol. The van der Waals surface area contributed by atoms with Crippen molar-refractivity contribution >= 4 is 10.9 Å². The maximum atomic E-state index is 8.96. The van der Waals surface area contributed by atoms with Gasteiger partial charge in [-0.05, 0) is 54.8 Å². The molecule has 21 heavy (non-hydrogen) atoms. The topological polar surface area (TPSA) is 40.8 Å². The summed E-state index contributed by atoms with van der Waals surface area (Å²) in [6.45, 7) is 1.97. The van der Waals surface area contributed by atoms with E-state index in [9.17, 15) is 0 Å². The third kappa shape index (κ3) is 2.69. The molecule has 2 aliphatic carbocycles. The summed E-state index contributed by atoms with van der Waals surface area (Å²) in [6.07, 6.45) is 7.93. The fraction of sp³-hybridized carbons (Fsp3) is 0.500. The Morgan fingerprint density at radius 2 is 2.14 bits per heavy atom. The van der Waals surface area contributed by atoms with Crippen LogP contribution in [0.2, 0.25) is 0 Å². The molecule has 0 saturated heterocycles. The van der Waals surface area contributed by atoms with Gasteiger partial charge in [0.2, 0.25) is 0 Å². The van der Waals surface area contributed by atoms with E-state index in [-0.39, 0.29) is 5.41 Å². The lowest BCUT2D eigenvalue weighted by Crippen LogP contribution is -2.15. The number of benzene rings is 1. The standard InChI is InChI=1S/C18H21N3/c19-9-8-18(6-7-18)13-21-10-5-15-11-14(1-4-17(15)21)12-20-16-2-3-16/h1,4-5,10-11,16,20H,2-3,6-8,12-13H2. The van der Waals surface area contributed by atoms with Crippen LogP contribution in [0.4, 0.5) is 0 Å². The predicted molar refractivity (Wildman–Crippen MR) is 83.7 cm³/mol. The number of nitrogens with zero attached hydrogens (tertiary/aromatic N) is 2. The normalized spacial score (nSPS) is 19.6. The lowest BCUT2D eigenvalue weighted by atomic mass is 10.0. The number of nitrogens with one attached hydrogen (secondary N) is 1. The lowest BCUT2D eigenvalue weighted by Gasteiger charge is -2.13. The molecule has 1 heterocycles. The van der Waals surface area contributed by atoms with Crippen molar-refractivity contribution in [3.63, 3.8) is 0 Å². The van der Waals surface area contributed by atoms with Crippen molar-refractivity contribution < 1.29 is 0 Å². The van der Waals surface area contributed by atoms with Gasteiger partial charge in [-0.3, -0.25) is 0 Å². The van der Waals surface area contributed by atoms with Crippen molar-refractivity contribution in [2.75, 3.05) is 0 Å². The molecule has 1 aromatic carbocycles. The quantitative estimate of drug-likeness (QED) is 0.878. The maximum absolute atomic E-state index is 8.96. The van der Waals surface area contributed by atoms with Gasteiger partial charge in [-0.15, -0.1) is 0 Å². The second-order valence-corrected chi connectivity index (χ2v) is 6.83. The van der Waals surface area contributed by atoms with Crippen LogP contribution in [0.5, 0.6) is 0 Å². The van der Waals surface area contributed by atoms with E-state index in [0.29, 0.717) is 6.42 Å². The minimum atomic E-state index is 0.257. The largest absolute Gasteiger partial charge is 0.347 e. The summed E-state index contributed by atoms with van der Waals surface area (Å²) < 4.78 is 2.33. The fourth-order valence-corrected chi connectivity index (χ4v) is 3.14. The van der Waals surface area contributed by atoms with Gasteiger partial charge in [0.25, 0.3) is 0 Å². The van der Waals surface area contributed by atoms with Gasteiger partial charge in [0.05, 0.1) is 6.07 Å². The van der Waals surface area contributed by atoms with E-state index in [2.05, 4.69) is 46.4 Å². The van der Waals surface area contributed by atoms with Crippen molar-refractivity contribution in [2.24, 2.45) is 5.41 Å². The number of hydrogen-bond donors (Lipinski definition) is 1. The molecular weight excluding hydrogens is 258 g/mol. The van der Waals surface area contributed by atoms with Gasteiger partial charge < -0.3 is 9.88 Å². The molecule has 4 rings (SSSR count). The highest BCUT2D eigenvalue weighted by atomic mass is 15.0. The van der Waals surface area contributed by atoms with E-state index >= 15 is 0 Å². The predicted octanol–water partition coefficient (Wildman–Crippen LogP) is 3.59. The molecule has 0 bridgehead atoms. The second kappa shape index (κ2) is 4.89. The average Bonchev–Trinajstić information content (AvgIpc) is 3.39. The summed E-state index contributed by atoms with van der Waals surface area (Å²) in [5, 5.41) is 13.8. The Morgan fingerprint density at radius 1 is 1.29 bits per heavy atom. The molecule has 2 aliphatic rings. The van der Waals surface area contributed by atoms with Gasteiger partial charge in [-0.2, -0.15) is 5.26 Å². The van der Waals surface area contributed by atoms with Gasteiger partial charge >= 0.3 is 0 Å². The molecule has 0 unspecified atom stereocenters. The molecule has 0 aliphatic heterocycles. The average molecular weight is 279 g/mol. The van der Waals surface area contributed by atoms with Crippen molar-refractivity contribution in [3.8, 4) is 6.07 Å². The molecule has 3 nitrogen and oxygen atoms in total. The second-order valence-electron chi connectivity index (χ2n) is 6.83. The van der Waals surface area contributed by atoms with Crippen LogP contribution >= 0.6 is 0 Å². The summed E-state index contributed by atoms with van der Waals surface area (Å²) in [6, 6.07) is 12.1. The third-order valence-electron chi connectivity index (χ3n) is 4.92. The molecule has 0 atom stereocenters. The first-order valence-electron chi connectivity index (χ1n) is 7.96. The van der Waals surface area contributed by atoms with Crippen LogP contribution < -0.4 is 5.32 Å². The molecule has 0 radical (unpaired) electrons. The summed E-state index contributed by atoms with van der Waals surface area (Å²) >= 11 is 0. The van der Waals surface area contributed by atoms with Crippen LogP contribution in [-0.2, 0) is 13.1 Å². The van der Waals surface area contributed by atoms with Crippen LogP contribution in [0.25, 0.3) is 10.9 Å². The summed E-state index contributed by atoms with van der Waals surface area (Å²) in [4.78, 5) is 0. The summed E-state index contributed by atoms with van der Waals surface area (Å²) in [5.41, 5.74) is 2.92. The van der Waals surface area contributed by atoms with Crippen LogP contribution in [0, 0.1) is 16.7 Å². The number of fused-ring (bicyclic) bond motifs is 1. The van der Waals surface area contributed by atoms with Crippen LogP contribution in [0.1, 0.15) is 37.7 Å². The minimum absolute atomic E-state index is 0.257. The highest BCUT2D eigenvalue weighted by molar-refractivity contribution is 5.80. The molecule has 2 saturated carbocycles.